The number of H-pyrrole nitrogens is 1. The summed E-state index contributed by atoms with van der Waals surface area (Å²) in [6, 6.07) is 6.83. The maximum Gasteiger partial charge on any atom is 0.330 e. The van der Waals surface area contributed by atoms with Crippen LogP contribution in [0.4, 0.5) is 17.2 Å². The lowest BCUT2D eigenvalue weighted by molar-refractivity contribution is -0.117. The maximum absolute atomic E-state index is 13.5. The first kappa shape index (κ1) is 23.3. The van der Waals surface area contributed by atoms with Gasteiger partial charge in [0.15, 0.2) is 5.69 Å². The van der Waals surface area contributed by atoms with Crippen LogP contribution in [0.25, 0.3) is 0 Å². The average molecular weight is 442 g/mol. The second-order valence-corrected chi connectivity index (χ2v) is 8.51. The Bertz CT molecular complexity index is 1120. The van der Waals surface area contributed by atoms with Crippen LogP contribution in [0.5, 0.6) is 0 Å². The van der Waals surface area contributed by atoms with Crippen LogP contribution in [0.1, 0.15) is 56.8 Å². The smallest absolute Gasteiger partial charge is 0.330 e. The third-order valence-corrected chi connectivity index (χ3v) is 5.49. The fraction of sp³-hybridized carbons (Fsp3) is 0.478. The van der Waals surface area contributed by atoms with Gasteiger partial charge in [0.05, 0.1) is 0 Å². The molecule has 172 valence electrons. The number of nitrogen functional groups attached to an aromatic ring is 1. The normalized spacial score (nSPS) is 13.8. The highest BCUT2D eigenvalue weighted by Gasteiger charge is 2.27. The summed E-state index contributed by atoms with van der Waals surface area (Å²) in [5, 5.41) is 0. The number of hydrogen-bond donors (Lipinski definition) is 2. The van der Waals surface area contributed by atoms with Crippen molar-refractivity contribution in [2.24, 2.45) is 5.92 Å². The topological polar surface area (TPSA) is 121 Å². The molecular formula is C23H31N5O4. The number of rotatable bonds is 8. The summed E-state index contributed by atoms with van der Waals surface area (Å²) in [6.45, 7) is 7.05. The minimum atomic E-state index is -0.692. The van der Waals surface area contributed by atoms with Crippen molar-refractivity contribution in [3.8, 4) is 0 Å². The number of nitrogens with one attached hydrogen (secondary N) is 1. The molecule has 3 N–H and O–H groups in total. The van der Waals surface area contributed by atoms with E-state index in [2.05, 4.69) is 4.98 Å². The van der Waals surface area contributed by atoms with E-state index < -0.39 is 17.2 Å². The summed E-state index contributed by atoms with van der Waals surface area (Å²) in [6.07, 6.45) is 2.72. The zero-order valence-corrected chi connectivity index (χ0v) is 18.9. The van der Waals surface area contributed by atoms with Crippen LogP contribution in [-0.2, 0) is 11.3 Å². The summed E-state index contributed by atoms with van der Waals surface area (Å²) < 4.78 is 1.30. The molecule has 0 spiro atoms. The minimum absolute atomic E-state index is 0.0219. The van der Waals surface area contributed by atoms with Crippen LogP contribution < -0.4 is 26.8 Å². The maximum atomic E-state index is 13.5. The molecular weight excluding hydrogens is 410 g/mol. The Balaban J connectivity index is 2.06. The number of amides is 2. The number of carbonyl (C=O) groups excluding carboxylic acids is 2. The highest BCUT2D eigenvalue weighted by atomic mass is 16.2. The number of nitrogens with zero attached hydrogens (tertiary/aromatic N) is 3. The number of anilines is 3. The fourth-order valence-electron chi connectivity index (χ4n) is 3.90. The molecule has 0 saturated carbocycles. The molecule has 1 aliphatic rings. The first-order chi connectivity index (χ1) is 15.2. The van der Waals surface area contributed by atoms with Crippen molar-refractivity contribution >= 4 is 29.0 Å². The van der Waals surface area contributed by atoms with Crippen molar-refractivity contribution in [3.05, 3.63) is 50.7 Å². The predicted molar refractivity (Wildman–Crippen MR) is 125 cm³/mol. The molecule has 2 amide bonds. The molecule has 32 heavy (non-hydrogen) atoms. The number of aromatic nitrogens is 2. The quantitative estimate of drug-likeness (QED) is 0.651. The second kappa shape index (κ2) is 9.84. The number of nitrogens with two attached hydrogens (primary N) is 1. The van der Waals surface area contributed by atoms with E-state index in [0.29, 0.717) is 37.2 Å². The molecule has 0 bridgehead atoms. The van der Waals surface area contributed by atoms with Crippen molar-refractivity contribution in [2.75, 3.05) is 28.6 Å². The molecule has 0 radical (unpaired) electrons. The molecule has 0 unspecified atom stereocenters. The largest absolute Gasteiger partial charge is 0.383 e. The van der Waals surface area contributed by atoms with E-state index in [1.807, 2.05) is 20.8 Å². The summed E-state index contributed by atoms with van der Waals surface area (Å²) in [5.41, 5.74) is 5.96. The van der Waals surface area contributed by atoms with Crippen molar-refractivity contribution in [2.45, 2.75) is 53.0 Å². The molecule has 1 saturated heterocycles. The summed E-state index contributed by atoms with van der Waals surface area (Å²) in [7, 11) is 0. The monoisotopic (exact) mass is 441 g/mol. The predicted octanol–water partition coefficient (Wildman–Crippen LogP) is 2.35. The molecule has 3 rings (SSSR count). The lowest BCUT2D eigenvalue weighted by atomic mass is 10.1. The number of benzene rings is 1. The first-order valence-corrected chi connectivity index (χ1v) is 11.1. The molecule has 9 heteroatoms. The first-order valence-electron chi connectivity index (χ1n) is 11.1. The van der Waals surface area contributed by atoms with Gasteiger partial charge in [0, 0.05) is 37.3 Å². The van der Waals surface area contributed by atoms with Crippen molar-refractivity contribution in [3.63, 3.8) is 0 Å². The zero-order chi connectivity index (χ0) is 23.4. The van der Waals surface area contributed by atoms with Crippen molar-refractivity contribution < 1.29 is 9.59 Å². The summed E-state index contributed by atoms with van der Waals surface area (Å²) >= 11 is 0. The van der Waals surface area contributed by atoms with Gasteiger partial charge in [0.2, 0.25) is 5.91 Å². The van der Waals surface area contributed by atoms with Gasteiger partial charge in [-0.2, -0.15) is 0 Å². The zero-order valence-electron chi connectivity index (χ0n) is 18.9. The Morgan fingerprint density at radius 3 is 2.62 bits per heavy atom. The van der Waals surface area contributed by atoms with Gasteiger partial charge in [-0.1, -0.05) is 33.3 Å². The lowest BCUT2D eigenvalue weighted by Gasteiger charge is -2.25. The minimum Gasteiger partial charge on any atom is -0.383 e. The van der Waals surface area contributed by atoms with E-state index in [1.54, 1.807) is 29.2 Å². The molecule has 1 aliphatic heterocycles. The van der Waals surface area contributed by atoms with E-state index in [9.17, 15) is 19.2 Å². The number of hydrogen-bond acceptors (Lipinski definition) is 5. The third-order valence-electron chi connectivity index (χ3n) is 5.49. The molecule has 9 nitrogen and oxygen atoms in total. The van der Waals surface area contributed by atoms with Crippen LogP contribution >= 0.6 is 0 Å². The lowest BCUT2D eigenvalue weighted by Crippen LogP contribution is -2.42. The molecule has 0 atom stereocenters. The second-order valence-electron chi connectivity index (χ2n) is 8.51. The number of aromatic amines is 1. The van der Waals surface area contributed by atoms with Gasteiger partial charge in [0.25, 0.3) is 11.5 Å². The van der Waals surface area contributed by atoms with Gasteiger partial charge in [-0.25, -0.2) is 4.79 Å². The van der Waals surface area contributed by atoms with E-state index >= 15 is 0 Å². The Kier molecular flexibility index (Phi) is 7.17. The number of unbranched alkanes of at least 4 members (excludes halogenated alkanes) is 1. The van der Waals surface area contributed by atoms with Gasteiger partial charge >= 0.3 is 5.69 Å². The molecule has 1 aromatic carbocycles. The highest BCUT2D eigenvalue weighted by molar-refractivity contribution is 6.08. The number of carbonyl (C=O) groups is 2. The summed E-state index contributed by atoms with van der Waals surface area (Å²) in [4.78, 5) is 56.1. The molecule has 2 aromatic rings. The SMILES string of the molecule is CCCCN(C(=O)c1cccc(N2CCCC2=O)c1)c1c(N)n(CC(C)C)c(=O)[nH]c1=O. The van der Waals surface area contributed by atoms with E-state index in [1.165, 1.54) is 9.47 Å². The molecule has 1 aromatic heterocycles. The molecule has 0 aliphatic carbocycles. The van der Waals surface area contributed by atoms with Crippen molar-refractivity contribution in [1.29, 1.82) is 0 Å². The Morgan fingerprint density at radius 2 is 2.00 bits per heavy atom. The Labute approximate surface area is 186 Å². The van der Waals surface area contributed by atoms with Gasteiger partial charge in [-0.05, 0) is 37.0 Å². The average Bonchev–Trinajstić information content (AvgIpc) is 3.18. The van der Waals surface area contributed by atoms with Crippen LogP contribution in [0, 0.1) is 5.92 Å². The molecule has 2 heterocycles. The third kappa shape index (κ3) is 4.76. The van der Waals surface area contributed by atoms with Crippen LogP contribution in [0.3, 0.4) is 0 Å². The molecule has 1 fully saturated rings. The van der Waals surface area contributed by atoms with Gasteiger partial charge in [-0.3, -0.25) is 23.9 Å². The van der Waals surface area contributed by atoms with Crippen LogP contribution in [0.2, 0.25) is 0 Å². The fourth-order valence-corrected chi connectivity index (χ4v) is 3.90. The van der Waals surface area contributed by atoms with E-state index in [0.717, 1.165) is 12.8 Å². The highest BCUT2D eigenvalue weighted by Crippen LogP contribution is 2.25. The van der Waals surface area contributed by atoms with Gasteiger partial charge < -0.3 is 15.5 Å². The van der Waals surface area contributed by atoms with E-state index in [4.69, 9.17) is 5.73 Å². The summed E-state index contributed by atoms with van der Waals surface area (Å²) in [5.74, 6) is -0.288. The van der Waals surface area contributed by atoms with Crippen LogP contribution in [-0.4, -0.2) is 34.5 Å². The van der Waals surface area contributed by atoms with Crippen LogP contribution in [0.15, 0.2) is 33.9 Å². The Hall–Kier alpha value is -3.36. The van der Waals surface area contributed by atoms with Crippen molar-refractivity contribution in [1.82, 2.24) is 9.55 Å². The van der Waals surface area contributed by atoms with E-state index in [-0.39, 0.29) is 29.9 Å². The Morgan fingerprint density at radius 1 is 1.25 bits per heavy atom. The standard InChI is InChI=1S/C23H31N5O4/c1-4-5-11-27(19-20(24)28(14-15(2)3)23(32)25-21(19)30)22(31)16-8-6-9-17(13-16)26-12-7-10-18(26)29/h6,8-9,13,15H,4-5,7,10-12,14,24H2,1-3H3,(H,25,30,32). The van der Waals surface area contributed by atoms with Gasteiger partial charge in [0.1, 0.15) is 5.82 Å². The van der Waals surface area contributed by atoms with Gasteiger partial charge in [-0.15, -0.1) is 0 Å².